The minimum Gasteiger partial charge on any atom is -0.508 e. The molecule has 4 N–H and O–H groups in total. The van der Waals surface area contributed by atoms with E-state index in [0.29, 0.717) is 11.5 Å². The molecule has 0 saturated heterocycles. The van der Waals surface area contributed by atoms with Crippen LogP contribution in [0, 0.1) is 0 Å². The molecule has 0 saturated carbocycles. The Bertz CT molecular complexity index is 1590. The second-order valence-electron chi connectivity index (χ2n) is 8.03. The van der Waals surface area contributed by atoms with E-state index in [1.54, 1.807) is 12.1 Å². The lowest BCUT2D eigenvalue weighted by atomic mass is 10.1. The molecule has 7 nitrogen and oxygen atoms in total. The van der Waals surface area contributed by atoms with Gasteiger partial charge in [0.2, 0.25) is 5.91 Å². The van der Waals surface area contributed by atoms with Crippen LogP contribution in [0.15, 0.2) is 78.9 Å². The van der Waals surface area contributed by atoms with Crippen LogP contribution in [0.5, 0.6) is 5.75 Å². The third-order valence-electron chi connectivity index (χ3n) is 5.72. The highest BCUT2D eigenvalue weighted by Gasteiger charge is 2.14. The summed E-state index contributed by atoms with van der Waals surface area (Å²) in [5, 5.41) is 23.0. The molecule has 4 aromatic carbocycles. The Balaban J connectivity index is 1.28. The smallest absolute Gasteiger partial charge is 0.228 e. The molecule has 6 rings (SSSR count). The first kappa shape index (κ1) is 19.1. The fourth-order valence-corrected chi connectivity index (χ4v) is 4.10. The lowest BCUT2D eigenvalue weighted by Crippen LogP contribution is -2.14. The van der Waals surface area contributed by atoms with Crippen molar-refractivity contribution in [2.24, 2.45) is 0 Å². The monoisotopic (exact) mass is 433 g/mol. The van der Waals surface area contributed by atoms with Crippen LogP contribution in [-0.4, -0.2) is 31.2 Å². The number of anilines is 1. The summed E-state index contributed by atoms with van der Waals surface area (Å²) < 4.78 is 0. The molecule has 0 fully saturated rings. The highest BCUT2D eigenvalue weighted by Crippen LogP contribution is 2.29. The van der Waals surface area contributed by atoms with Crippen LogP contribution in [-0.2, 0) is 11.2 Å². The van der Waals surface area contributed by atoms with Crippen LogP contribution in [0.25, 0.3) is 44.2 Å². The molecule has 0 aliphatic rings. The topological polar surface area (TPSA) is 107 Å². The molecular formula is C26H19N5O2. The van der Waals surface area contributed by atoms with Gasteiger partial charge in [-0.05, 0) is 58.8 Å². The van der Waals surface area contributed by atoms with Crippen molar-refractivity contribution >= 4 is 44.3 Å². The molecule has 160 valence electrons. The van der Waals surface area contributed by atoms with Crippen molar-refractivity contribution in [3.63, 3.8) is 0 Å². The predicted molar refractivity (Wildman–Crippen MR) is 129 cm³/mol. The number of carbonyl (C=O) groups is 1. The van der Waals surface area contributed by atoms with Crippen LogP contribution in [0.2, 0.25) is 0 Å². The van der Waals surface area contributed by atoms with Gasteiger partial charge in [0, 0.05) is 11.1 Å². The van der Waals surface area contributed by atoms with Gasteiger partial charge in [-0.3, -0.25) is 9.89 Å². The number of imidazole rings is 1. The summed E-state index contributed by atoms with van der Waals surface area (Å²) in [4.78, 5) is 20.6. The molecule has 0 unspecified atom stereocenters. The van der Waals surface area contributed by atoms with E-state index >= 15 is 0 Å². The number of nitrogens with zero attached hydrogens (tertiary/aromatic N) is 2. The van der Waals surface area contributed by atoms with Gasteiger partial charge in [-0.15, -0.1) is 0 Å². The normalized spacial score (nSPS) is 11.4. The number of fused-ring (bicyclic) bond motifs is 3. The Morgan fingerprint density at radius 2 is 1.70 bits per heavy atom. The maximum Gasteiger partial charge on any atom is 0.228 e. The molecule has 0 atom stereocenters. The lowest BCUT2D eigenvalue weighted by Gasteiger charge is -2.05. The number of hydrogen-bond acceptors (Lipinski definition) is 4. The number of nitrogens with one attached hydrogen (secondary N) is 3. The zero-order chi connectivity index (χ0) is 22.4. The summed E-state index contributed by atoms with van der Waals surface area (Å²) in [7, 11) is 0. The average molecular weight is 433 g/mol. The van der Waals surface area contributed by atoms with E-state index < -0.39 is 0 Å². The van der Waals surface area contributed by atoms with Crippen molar-refractivity contribution in [3.05, 3.63) is 84.4 Å². The van der Waals surface area contributed by atoms with Gasteiger partial charge in [0.05, 0.1) is 23.0 Å². The first-order valence-electron chi connectivity index (χ1n) is 10.6. The minimum atomic E-state index is -0.135. The number of rotatable bonds is 4. The molecule has 0 bridgehead atoms. The van der Waals surface area contributed by atoms with Gasteiger partial charge in [-0.2, -0.15) is 5.10 Å². The number of phenols is 1. The third kappa shape index (κ3) is 3.55. The Morgan fingerprint density at radius 3 is 2.52 bits per heavy atom. The number of phenolic OH excluding ortho intramolecular Hbond substituents is 1. The van der Waals surface area contributed by atoms with E-state index in [9.17, 15) is 9.90 Å². The van der Waals surface area contributed by atoms with Gasteiger partial charge in [0.15, 0.2) is 5.82 Å². The number of aromatic nitrogens is 4. The largest absolute Gasteiger partial charge is 0.508 e. The summed E-state index contributed by atoms with van der Waals surface area (Å²) in [5.74, 6) is 0.722. The van der Waals surface area contributed by atoms with Gasteiger partial charge < -0.3 is 15.4 Å². The highest BCUT2D eigenvalue weighted by atomic mass is 16.3. The number of carbonyl (C=O) groups excluding carboxylic acids is 1. The average Bonchev–Trinajstić information content (AvgIpc) is 3.42. The van der Waals surface area contributed by atoms with Crippen molar-refractivity contribution in [2.75, 3.05) is 5.32 Å². The molecule has 0 radical (unpaired) electrons. The predicted octanol–water partition coefficient (Wildman–Crippen LogP) is 5.15. The standard InChI is InChI=1S/C26H19N5O2/c32-19-8-6-18(7-9-19)27-24(33)12-15-5-10-20-21(11-15)30-31-25(20)26-28-22-13-16-3-1-2-4-17(16)14-23(22)29-26/h1-11,13-14,32H,12H2,(H,27,33)(H,28,29)(H,30,31). The second kappa shape index (κ2) is 7.49. The minimum absolute atomic E-state index is 0.135. The molecule has 0 aliphatic carbocycles. The van der Waals surface area contributed by atoms with Crippen molar-refractivity contribution < 1.29 is 9.90 Å². The first-order chi connectivity index (χ1) is 16.1. The summed E-state index contributed by atoms with van der Waals surface area (Å²) >= 11 is 0. The van der Waals surface area contributed by atoms with Gasteiger partial charge in [-0.1, -0.05) is 36.4 Å². The number of hydrogen-bond donors (Lipinski definition) is 4. The lowest BCUT2D eigenvalue weighted by molar-refractivity contribution is -0.115. The Kier molecular flexibility index (Phi) is 4.33. The summed E-state index contributed by atoms with van der Waals surface area (Å²) in [6, 6.07) is 24.6. The molecule has 7 heteroatoms. The maximum atomic E-state index is 12.4. The van der Waals surface area contributed by atoms with E-state index in [4.69, 9.17) is 4.98 Å². The fraction of sp³-hybridized carbons (Fsp3) is 0.0385. The highest BCUT2D eigenvalue weighted by molar-refractivity contribution is 5.98. The molecule has 2 aromatic heterocycles. The number of H-pyrrole nitrogens is 2. The second-order valence-corrected chi connectivity index (χ2v) is 8.03. The molecule has 33 heavy (non-hydrogen) atoms. The third-order valence-corrected chi connectivity index (χ3v) is 5.72. The van der Waals surface area contributed by atoms with Gasteiger partial charge in [-0.25, -0.2) is 4.98 Å². The van der Waals surface area contributed by atoms with Gasteiger partial charge >= 0.3 is 0 Å². The van der Waals surface area contributed by atoms with Crippen LogP contribution >= 0.6 is 0 Å². The van der Waals surface area contributed by atoms with Crippen molar-refractivity contribution in [3.8, 4) is 17.3 Å². The Hall–Kier alpha value is -4.65. The molecular weight excluding hydrogens is 414 g/mol. The molecule has 2 heterocycles. The molecule has 0 spiro atoms. The number of aromatic amines is 2. The van der Waals surface area contributed by atoms with Crippen molar-refractivity contribution in [1.29, 1.82) is 0 Å². The first-order valence-corrected chi connectivity index (χ1v) is 10.6. The zero-order valence-electron chi connectivity index (χ0n) is 17.5. The quantitative estimate of drug-likeness (QED) is 0.289. The van der Waals surface area contributed by atoms with E-state index in [0.717, 1.165) is 44.0 Å². The zero-order valence-corrected chi connectivity index (χ0v) is 17.5. The van der Waals surface area contributed by atoms with Crippen LogP contribution < -0.4 is 5.32 Å². The molecule has 6 aromatic rings. The summed E-state index contributed by atoms with van der Waals surface area (Å²) in [6.07, 6.45) is 0.225. The van der Waals surface area contributed by atoms with E-state index in [2.05, 4.69) is 44.8 Å². The SMILES string of the molecule is O=C(Cc1ccc2c(-c3nc4cc5ccccc5cc4[nH]3)n[nH]c2c1)Nc1ccc(O)cc1. The van der Waals surface area contributed by atoms with Gasteiger partial charge in [0.25, 0.3) is 0 Å². The maximum absolute atomic E-state index is 12.4. The molecule has 0 aliphatic heterocycles. The van der Waals surface area contributed by atoms with Crippen molar-refractivity contribution in [2.45, 2.75) is 6.42 Å². The summed E-state index contributed by atoms with van der Waals surface area (Å²) in [5.41, 5.74) is 4.94. The van der Waals surface area contributed by atoms with E-state index in [-0.39, 0.29) is 18.1 Å². The van der Waals surface area contributed by atoms with Crippen LogP contribution in [0.4, 0.5) is 5.69 Å². The number of amides is 1. The number of benzene rings is 4. The van der Waals surface area contributed by atoms with Gasteiger partial charge in [0.1, 0.15) is 11.4 Å². The van der Waals surface area contributed by atoms with E-state index in [1.165, 1.54) is 12.1 Å². The molecule has 1 amide bonds. The Labute approximate surface area is 188 Å². The Morgan fingerprint density at radius 1 is 0.909 bits per heavy atom. The fourth-order valence-electron chi connectivity index (χ4n) is 4.10. The number of aromatic hydroxyl groups is 1. The van der Waals surface area contributed by atoms with E-state index in [1.807, 2.05) is 30.3 Å². The van der Waals surface area contributed by atoms with Crippen LogP contribution in [0.3, 0.4) is 0 Å². The summed E-state index contributed by atoms with van der Waals surface area (Å²) in [6.45, 7) is 0. The van der Waals surface area contributed by atoms with Crippen LogP contribution in [0.1, 0.15) is 5.56 Å². The van der Waals surface area contributed by atoms with Crippen molar-refractivity contribution in [1.82, 2.24) is 20.2 Å².